The molecule has 1 N–H and O–H groups in total. The van der Waals surface area contributed by atoms with E-state index in [2.05, 4.69) is 11.1 Å². The fourth-order valence-electron chi connectivity index (χ4n) is 1.92. The molecule has 74 valence electrons. The SMILES string of the molecule is N=C1C=C/C(=C2\CCCC=N2)CCC1. The third-order valence-corrected chi connectivity index (χ3v) is 2.74. The first-order valence-corrected chi connectivity index (χ1v) is 5.36. The van der Waals surface area contributed by atoms with Gasteiger partial charge in [0.15, 0.2) is 0 Å². The van der Waals surface area contributed by atoms with Crippen molar-refractivity contribution >= 4 is 11.9 Å². The molecule has 0 radical (unpaired) electrons. The van der Waals surface area contributed by atoms with Crippen molar-refractivity contribution in [3.63, 3.8) is 0 Å². The number of aliphatic imine (C=N–C) groups is 1. The molecule has 2 aliphatic rings. The lowest BCUT2D eigenvalue weighted by atomic mass is 10.0. The summed E-state index contributed by atoms with van der Waals surface area (Å²) in [6, 6.07) is 0. The molecule has 0 aromatic heterocycles. The molecule has 1 aliphatic heterocycles. The molecule has 2 nitrogen and oxygen atoms in total. The van der Waals surface area contributed by atoms with Gasteiger partial charge in [-0.15, -0.1) is 0 Å². The molecule has 0 bridgehead atoms. The predicted molar refractivity (Wildman–Crippen MR) is 60.1 cm³/mol. The summed E-state index contributed by atoms with van der Waals surface area (Å²) < 4.78 is 0. The van der Waals surface area contributed by atoms with Gasteiger partial charge in [-0.05, 0) is 50.2 Å². The Morgan fingerprint density at radius 2 is 2.00 bits per heavy atom. The summed E-state index contributed by atoms with van der Waals surface area (Å²) >= 11 is 0. The van der Waals surface area contributed by atoms with Crippen molar-refractivity contribution in [1.82, 2.24) is 0 Å². The Balaban J connectivity index is 2.23. The van der Waals surface area contributed by atoms with Crippen LogP contribution in [0.4, 0.5) is 0 Å². The Labute approximate surface area is 84.9 Å². The highest BCUT2D eigenvalue weighted by Crippen LogP contribution is 2.24. The highest BCUT2D eigenvalue weighted by Gasteiger charge is 2.09. The van der Waals surface area contributed by atoms with E-state index in [4.69, 9.17) is 5.41 Å². The maximum atomic E-state index is 7.58. The summed E-state index contributed by atoms with van der Waals surface area (Å²) in [6.45, 7) is 0. The maximum absolute atomic E-state index is 7.58. The average molecular weight is 188 g/mol. The summed E-state index contributed by atoms with van der Waals surface area (Å²) in [6.07, 6.45) is 12.6. The van der Waals surface area contributed by atoms with Gasteiger partial charge in [-0.25, -0.2) is 0 Å². The van der Waals surface area contributed by atoms with Gasteiger partial charge in [-0.3, -0.25) is 4.99 Å². The minimum atomic E-state index is 0.750. The fraction of sp³-hybridized carbons (Fsp3) is 0.500. The molecule has 1 aliphatic carbocycles. The Morgan fingerprint density at radius 3 is 2.79 bits per heavy atom. The van der Waals surface area contributed by atoms with Crippen LogP contribution in [0.25, 0.3) is 0 Å². The minimum absolute atomic E-state index is 0.750. The lowest BCUT2D eigenvalue weighted by Gasteiger charge is -2.10. The van der Waals surface area contributed by atoms with E-state index in [1.807, 2.05) is 12.3 Å². The van der Waals surface area contributed by atoms with Crippen LogP contribution in [0, 0.1) is 5.41 Å². The third-order valence-electron chi connectivity index (χ3n) is 2.74. The van der Waals surface area contributed by atoms with Crippen molar-refractivity contribution < 1.29 is 0 Å². The van der Waals surface area contributed by atoms with E-state index in [0.717, 1.165) is 37.8 Å². The van der Waals surface area contributed by atoms with E-state index in [9.17, 15) is 0 Å². The lowest BCUT2D eigenvalue weighted by Crippen LogP contribution is -1.94. The molecule has 0 saturated carbocycles. The molecule has 1 heterocycles. The molecular formula is C12H16N2. The first-order valence-electron chi connectivity index (χ1n) is 5.36. The quantitative estimate of drug-likeness (QED) is 0.606. The van der Waals surface area contributed by atoms with Crippen molar-refractivity contribution in [2.24, 2.45) is 4.99 Å². The second-order valence-corrected chi connectivity index (χ2v) is 3.89. The maximum Gasteiger partial charge on any atom is 0.0431 e. The normalized spacial score (nSPS) is 27.9. The van der Waals surface area contributed by atoms with Gasteiger partial charge >= 0.3 is 0 Å². The van der Waals surface area contributed by atoms with Crippen LogP contribution in [-0.4, -0.2) is 11.9 Å². The monoisotopic (exact) mass is 188 g/mol. The van der Waals surface area contributed by atoms with Crippen LogP contribution in [0.15, 0.2) is 28.4 Å². The van der Waals surface area contributed by atoms with Gasteiger partial charge < -0.3 is 5.41 Å². The van der Waals surface area contributed by atoms with E-state index in [1.165, 1.54) is 17.7 Å². The third kappa shape index (κ3) is 2.19. The van der Waals surface area contributed by atoms with Gasteiger partial charge in [0.2, 0.25) is 0 Å². The summed E-state index contributed by atoms with van der Waals surface area (Å²) in [5.41, 5.74) is 3.35. The molecule has 0 aromatic carbocycles. The minimum Gasteiger partial charge on any atom is -0.305 e. The molecule has 0 amide bonds. The number of allylic oxidation sites excluding steroid dienone is 4. The van der Waals surface area contributed by atoms with E-state index < -0.39 is 0 Å². The van der Waals surface area contributed by atoms with E-state index in [-0.39, 0.29) is 0 Å². The number of hydrogen-bond donors (Lipinski definition) is 1. The number of hydrogen-bond acceptors (Lipinski definition) is 2. The second kappa shape index (κ2) is 4.36. The van der Waals surface area contributed by atoms with Gasteiger partial charge in [-0.2, -0.15) is 0 Å². The van der Waals surface area contributed by atoms with Crippen LogP contribution < -0.4 is 0 Å². The Morgan fingerprint density at radius 1 is 1.07 bits per heavy atom. The molecule has 0 fully saturated rings. The first-order chi connectivity index (χ1) is 6.86. The Kier molecular flexibility index (Phi) is 2.92. The molecular weight excluding hydrogens is 172 g/mol. The largest absolute Gasteiger partial charge is 0.305 e. The van der Waals surface area contributed by atoms with Gasteiger partial charge in [0.25, 0.3) is 0 Å². The smallest absolute Gasteiger partial charge is 0.0431 e. The van der Waals surface area contributed by atoms with Crippen molar-refractivity contribution in [1.29, 1.82) is 5.41 Å². The average Bonchev–Trinajstić information content (AvgIpc) is 2.44. The van der Waals surface area contributed by atoms with Gasteiger partial charge in [-0.1, -0.05) is 6.08 Å². The standard InChI is InChI=1S/C12H16N2/c13-11-5-3-4-10(7-8-11)12-6-1-2-9-14-12/h7-9,13H,1-6H2/b12-10+,13-11?. The highest BCUT2D eigenvalue weighted by molar-refractivity contribution is 5.93. The molecule has 2 heteroatoms. The van der Waals surface area contributed by atoms with Gasteiger partial charge in [0, 0.05) is 17.6 Å². The molecule has 2 rings (SSSR count). The van der Waals surface area contributed by atoms with Crippen LogP contribution in [0.3, 0.4) is 0 Å². The summed E-state index contributed by atoms with van der Waals surface area (Å²) in [5.74, 6) is 0. The van der Waals surface area contributed by atoms with Crippen molar-refractivity contribution in [2.75, 3.05) is 0 Å². The fourth-order valence-corrected chi connectivity index (χ4v) is 1.92. The zero-order valence-electron chi connectivity index (χ0n) is 8.42. The van der Waals surface area contributed by atoms with Crippen molar-refractivity contribution in [3.8, 4) is 0 Å². The first kappa shape index (κ1) is 9.38. The molecule has 0 aromatic rings. The second-order valence-electron chi connectivity index (χ2n) is 3.89. The Hall–Kier alpha value is -1.18. The van der Waals surface area contributed by atoms with Crippen LogP contribution in [0.1, 0.15) is 38.5 Å². The highest BCUT2D eigenvalue weighted by atomic mass is 14.7. The predicted octanol–water partition coefficient (Wildman–Crippen LogP) is 3.26. The lowest BCUT2D eigenvalue weighted by molar-refractivity contribution is 0.790. The van der Waals surface area contributed by atoms with Crippen LogP contribution in [0.5, 0.6) is 0 Å². The number of rotatable bonds is 0. The summed E-state index contributed by atoms with van der Waals surface area (Å²) in [7, 11) is 0. The molecule has 14 heavy (non-hydrogen) atoms. The van der Waals surface area contributed by atoms with Gasteiger partial charge in [0.05, 0.1) is 0 Å². The molecule has 0 saturated heterocycles. The van der Waals surface area contributed by atoms with Crippen LogP contribution >= 0.6 is 0 Å². The van der Waals surface area contributed by atoms with E-state index in [0.29, 0.717) is 0 Å². The van der Waals surface area contributed by atoms with E-state index in [1.54, 1.807) is 0 Å². The Bertz CT molecular complexity index is 321. The molecule has 0 unspecified atom stereocenters. The molecule has 0 atom stereocenters. The molecule has 0 spiro atoms. The topological polar surface area (TPSA) is 36.2 Å². The number of nitrogens with one attached hydrogen (secondary N) is 1. The zero-order valence-corrected chi connectivity index (χ0v) is 8.42. The van der Waals surface area contributed by atoms with Crippen LogP contribution in [-0.2, 0) is 0 Å². The van der Waals surface area contributed by atoms with Crippen molar-refractivity contribution in [2.45, 2.75) is 38.5 Å². The van der Waals surface area contributed by atoms with Crippen LogP contribution in [0.2, 0.25) is 0 Å². The van der Waals surface area contributed by atoms with Gasteiger partial charge in [0.1, 0.15) is 0 Å². The zero-order chi connectivity index (χ0) is 9.80. The van der Waals surface area contributed by atoms with E-state index >= 15 is 0 Å². The number of nitrogens with zero attached hydrogens (tertiary/aromatic N) is 1. The summed E-state index contributed by atoms with van der Waals surface area (Å²) in [4.78, 5) is 4.45. The summed E-state index contributed by atoms with van der Waals surface area (Å²) in [5, 5.41) is 7.58. The van der Waals surface area contributed by atoms with Crippen molar-refractivity contribution in [3.05, 3.63) is 23.4 Å².